The molecule has 0 amide bonds. The maximum absolute atomic E-state index is 11.0. The molecule has 0 aromatic heterocycles. The summed E-state index contributed by atoms with van der Waals surface area (Å²) in [5.74, 6) is 0.469. The van der Waals surface area contributed by atoms with E-state index >= 15 is 0 Å². The molecule has 0 heterocycles. The molecule has 0 N–H and O–H groups in total. The van der Waals surface area contributed by atoms with Gasteiger partial charge in [0.15, 0.2) is 0 Å². The van der Waals surface area contributed by atoms with Gasteiger partial charge >= 0.3 is 5.97 Å². The van der Waals surface area contributed by atoms with Crippen molar-refractivity contribution in [2.45, 2.75) is 41.0 Å². The van der Waals surface area contributed by atoms with Crippen LogP contribution in [0, 0.1) is 20.8 Å². The number of benzene rings is 1. The highest BCUT2D eigenvalue weighted by molar-refractivity contribution is 5.71. The Bertz CT molecular complexity index is 392. The largest absolute Gasteiger partial charge is 0.426 e. The average molecular weight is 206 g/mol. The summed E-state index contributed by atoms with van der Waals surface area (Å²) in [5, 5.41) is 0. The molecule has 0 unspecified atom stereocenters. The Labute approximate surface area is 91.3 Å². The van der Waals surface area contributed by atoms with Gasteiger partial charge < -0.3 is 4.74 Å². The summed E-state index contributed by atoms with van der Waals surface area (Å²) in [6.45, 7) is 9.62. The summed E-state index contributed by atoms with van der Waals surface area (Å²) in [4.78, 5) is 11.0. The van der Waals surface area contributed by atoms with Crippen LogP contribution in [0.3, 0.4) is 0 Å². The third kappa shape index (κ3) is 2.38. The number of ether oxygens (including phenoxy) is 1. The lowest BCUT2D eigenvalue weighted by molar-refractivity contribution is -0.131. The van der Waals surface area contributed by atoms with Crippen molar-refractivity contribution in [2.24, 2.45) is 0 Å². The summed E-state index contributed by atoms with van der Waals surface area (Å²) < 4.78 is 5.23. The maximum atomic E-state index is 11.0. The third-order valence-electron chi connectivity index (χ3n) is 2.66. The number of esters is 1. The molecule has 0 saturated heterocycles. The SMILES string of the molecule is CCc1c(C)cc(C)c(OC(C)=O)c1C. The van der Waals surface area contributed by atoms with Crippen molar-refractivity contribution in [2.75, 3.05) is 0 Å². The minimum Gasteiger partial charge on any atom is -0.426 e. The summed E-state index contributed by atoms with van der Waals surface area (Å²) in [7, 11) is 0. The zero-order valence-electron chi connectivity index (χ0n) is 10.1. The van der Waals surface area contributed by atoms with Crippen LogP contribution in [0.4, 0.5) is 0 Å². The van der Waals surface area contributed by atoms with Gasteiger partial charge in [-0.25, -0.2) is 0 Å². The van der Waals surface area contributed by atoms with E-state index in [1.54, 1.807) is 0 Å². The van der Waals surface area contributed by atoms with Crippen LogP contribution in [-0.2, 0) is 11.2 Å². The molecule has 0 aliphatic carbocycles. The van der Waals surface area contributed by atoms with E-state index in [4.69, 9.17) is 4.74 Å². The smallest absolute Gasteiger partial charge is 0.308 e. The van der Waals surface area contributed by atoms with Crippen molar-refractivity contribution in [3.63, 3.8) is 0 Å². The second-order valence-electron chi connectivity index (χ2n) is 3.89. The lowest BCUT2D eigenvalue weighted by Gasteiger charge is -2.15. The predicted molar refractivity (Wildman–Crippen MR) is 61.3 cm³/mol. The topological polar surface area (TPSA) is 26.3 Å². The van der Waals surface area contributed by atoms with E-state index in [0.717, 1.165) is 23.3 Å². The fourth-order valence-corrected chi connectivity index (χ4v) is 2.05. The maximum Gasteiger partial charge on any atom is 0.308 e. The number of carbonyl (C=O) groups excluding carboxylic acids is 1. The summed E-state index contributed by atoms with van der Waals surface area (Å²) in [6.07, 6.45) is 0.964. The van der Waals surface area contributed by atoms with E-state index in [0.29, 0.717) is 0 Å². The summed E-state index contributed by atoms with van der Waals surface area (Å²) in [6, 6.07) is 2.07. The normalized spacial score (nSPS) is 10.2. The Kier molecular flexibility index (Phi) is 3.51. The second-order valence-corrected chi connectivity index (χ2v) is 3.89. The Morgan fingerprint density at radius 2 is 1.87 bits per heavy atom. The molecule has 2 heteroatoms. The molecule has 0 fully saturated rings. The van der Waals surface area contributed by atoms with Crippen molar-refractivity contribution >= 4 is 5.97 Å². The van der Waals surface area contributed by atoms with Crippen LogP contribution in [0.25, 0.3) is 0 Å². The van der Waals surface area contributed by atoms with E-state index in [-0.39, 0.29) is 5.97 Å². The highest BCUT2D eigenvalue weighted by Crippen LogP contribution is 2.29. The summed E-state index contributed by atoms with van der Waals surface area (Å²) in [5.41, 5.74) is 4.66. The third-order valence-corrected chi connectivity index (χ3v) is 2.66. The number of carbonyl (C=O) groups is 1. The fraction of sp³-hybridized carbons (Fsp3) is 0.462. The molecule has 0 aliphatic rings. The minimum absolute atomic E-state index is 0.257. The molecule has 0 spiro atoms. The Hall–Kier alpha value is -1.31. The van der Waals surface area contributed by atoms with E-state index in [9.17, 15) is 4.79 Å². The molecule has 82 valence electrons. The average Bonchev–Trinajstić information content (AvgIpc) is 2.12. The van der Waals surface area contributed by atoms with Gasteiger partial charge in [-0.3, -0.25) is 4.79 Å². The first-order valence-corrected chi connectivity index (χ1v) is 5.25. The molecule has 0 atom stereocenters. The van der Waals surface area contributed by atoms with Crippen LogP contribution in [0.5, 0.6) is 5.75 Å². The van der Waals surface area contributed by atoms with Crippen LogP contribution in [0.15, 0.2) is 6.07 Å². The first kappa shape index (κ1) is 11.8. The van der Waals surface area contributed by atoms with Gasteiger partial charge in [0.1, 0.15) is 5.75 Å². The van der Waals surface area contributed by atoms with E-state index in [1.165, 1.54) is 18.1 Å². The molecule has 1 aromatic carbocycles. The Morgan fingerprint density at radius 3 is 2.33 bits per heavy atom. The van der Waals surface area contributed by atoms with Crippen molar-refractivity contribution in [1.29, 1.82) is 0 Å². The molecule has 1 aromatic rings. The van der Waals surface area contributed by atoms with Crippen molar-refractivity contribution in [3.8, 4) is 5.75 Å². The molecular weight excluding hydrogens is 188 g/mol. The fourth-order valence-electron chi connectivity index (χ4n) is 2.05. The van der Waals surface area contributed by atoms with Gasteiger partial charge in [-0.15, -0.1) is 0 Å². The minimum atomic E-state index is -0.257. The Balaban J connectivity index is 3.32. The Morgan fingerprint density at radius 1 is 1.27 bits per heavy atom. The highest BCUT2D eigenvalue weighted by atomic mass is 16.5. The first-order chi connectivity index (χ1) is 6.97. The molecular formula is C13H18O2. The van der Waals surface area contributed by atoms with Crippen LogP contribution >= 0.6 is 0 Å². The molecule has 0 aliphatic heterocycles. The lowest BCUT2D eigenvalue weighted by atomic mass is 9.97. The highest BCUT2D eigenvalue weighted by Gasteiger charge is 2.12. The number of rotatable bonds is 2. The number of hydrogen-bond acceptors (Lipinski definition) is 2. The predicted octanol–water partition coefficient (Wildman–Crippen LogP) is 3.10. The van der Waals surface area contributed by atoms with Gasteiger partial charge in [-0.05, 0) is 49.4 Å². The van der Waals surface area contributed by atoms with Crippen LogP contribution in [0.2, 0.25) is 0 Å². The van der Waals surface area contributed by atoms with Crippen molar-refractivity contribution in [3.05, 3.63) is 28.3 Å². The van der Waals surface area contributed by atoms with Crippen molar-refractivity contribution < 1.29 is 9.53 Å². The van der Waals surface area contributed by atoms with Gasteiger partial charge in [0.05, 0.1) is 0 Å². The van der Waals surface area contributed by atoms with Crippen LogP contribution in [0.1, 0.15) is 36.1 Å². The second kappa shape index (κ2) is 4.47. The quantitative estimate of drug-likeness (QED) is 0.549. The zero-order chi connectivity index (χ0) is 11.6. The lowest BCUT2D eigenvalue weighted by Crippen LogP contribution is -2.06. The molecule has 0 saturated carbocycles. The monoisotopic (exact) mass is 206 g/mol. The first-order valence-electron chi connectivity index (χ1n) is 5.25. The number of hydrogen-bond donors (Lipinski definition) is 0. The van der Waals surface area contributed by atoms with Gasteiger partial charge in [-0.1, -0.05) is 13.0 Å². The van der Waals surface area contributed by atoms with Crippen LogP contribution < -0.4 is 4.74 Å². The van der Waals surface area contributed by atoms with Gasteiger partial charge in [0.25, 0.3) is 0 Å². The van der Waals surface area contributed by atoms with E-state index < -0.39 is 0 Å². The van der Waals surface area contributed by atoms with Crippen LogP contribution in [-0.4, -0.2) is 5.97 Å². The summed E-state index contributed by atoms with van der Waals surface area (Å²) >= 11 is 0. The van der Waals surface area contributed by atoms with Gasteiger partial charge in [0, 0.05) is 6.92 Å². The van der Waals surface area contributed by atoms with Crippen molar-refractivity contribution in [1.82, 2.24) is 0 Å². The molecule has 1 rings (SSSR count). The molecule has 15 heavy (non-hydrogen) atoms. The van der Waals surface area contributed by atoms with E-state index in [2.05, 4.69) is 19.9 Å². The molecule has 2 nitrogen and oxygen atoms in total. The standard InChI is InChI=1S/C13H18O2/c1-6-12-8(2)7-9(3)13(10(12)4)15-11(5)14/h7H,6H2,1-5H3. The van der Waals surface area contributed by atoms with Gasteiger partial charge in [-0.2, -0.15) is 0 Å². The van der Waals surface area contributed by atoms with E-state index in [1.807, 2.05) is 13.8 Å². The number of aryl methyl sites for hydroxylation is 2. The molecule has 0 radical (unpaired) electrons. The molecule has 0 bridgehead atoms. The van der Waals surface area contributed by atoms with Gasteiger partial charge in [0.2, 0.25) is 0 Å². The zero-order valence-corrected chi connectivity index (χ0v) is 10.1.